The van der Waals surface area contributed by atoms with Crippen molar-refractivity contribution in [1.82, 2.24) is 4.90 Å². The van der Waals surface area contributed by atoms with Gasteiger partial charge in [-0.25, -0.2) is 4.39 Å². The van der Waals surface area contributed by atoms with Crippen molar-refractivity contribution in [3.8, 4) is 5.75 Å². The molecule has 0 radical (unpaired) electrons. The van der Waals surface area contributed by atoms with Gasteiger partial charge in [-0.15, -0.1) is 0 Å². The Morgan fingerprint density at radius 2 is 1.92 bits per heavy atom. The van der Waals surface area contributed by atoms with Crippen LogP contribution >= 0.6 is 0 Å². The fourth-order valence-corrected chi connectivity index (χ4v) is 2.39. The molecule has 2 aromatic rings. The molecule has 0 heterocycles. The van der Waals surface area contributed by atoms with E-state index in [0.29, 0.717) is 18.8 Å². The second-order valence-corrected chi connectivity index (χ2v) is 5.76. The number of hydrogen-bond donors (Lipinski definition) is 1. The molecule has 0 atom stereocenters. The molecule has 0 spiro atoms. The van der Waals surface area contributed by atoms with Crippen molar-refractivity contribution in [2.45, 2.75) is 20.4 Å². The van der Waals surface area contributed by atoms with Gasteiger partial charge in [-0.1, -0.05) is 18.2 Å². The lowest BCUT2D eigenvalue weighted by Gasteiger charge is -2.17. The van der Waals surface area contributed by atoms with Crippen LogP contribution in [0.25, 0.3) is 0 Å². The maximum absolute atomic E-state index is 13.3. The third-order valence-corrected chi connectivity index (χ3v) is 3.57. The van der Waals surface area contributed by atoms with E-state index in [-0.39, 0.29) is 18.3 Å². The van der Waals surface area contributed by atoms with E-state index in [4.69, 9.17) is 4.74 Å². The smallest absolute Gasteiger partial charge is 0.238 e. The summed E-state index contributed by atoms with van der Waals surface area (Å²) < 4.78 is 18.7. The highest BCUT2D eigenvalue weighted by atomic mass is 19.1. The third-order valence-electron chi connectivity index (χ3n) is 3.57. The van der Waals surface area contributed by atoms with Crippen molar-refractivity contribution in [3.05, 3.63) is 59.4 Å². The third kappa shape index (κ3) is 5.35. The first-order chi connectivity index (χ1) is 11.5. The van der Waals surface area contributed by atoms with Gasteiger partial charge in [0.1, 0.15) is 11.6 Å². The van der Waals surface area contributed by atoms with Crippen LogP contribution in [0, 0.1) is 12.7 Å². The number of benzene rings is 2. The summed E-state index contributed by atoms with van der Waals surface area (Å²) in [5, 5.41) is 2.75. The zero-order valence-electron chi connectivity index (χ0n) is 14.3. The zero-order valence-corrected chi connectivity index (χ0v) is 14.3. The number of anilines is 1. The number of likely N-dealkylation sites (N-methyl/N-ethyl adjacent to an activating group) is 1. The van der Waals surface area contributed by atoms with E-state index in [1.807, 2.05) is 50.1 Å². The lowest BCUT2D eigenvalue weighted by molar-refractivity contribution is -0.117. The number of nitrogens with one attached hydrogen (secondary N) is 1. The second-order valence-electron chi connectivity index (χ2n) is 5.76. The van der Waals surface area contributed by atoms with Gasteiger partial charge >= 0.3 is 0 Å². The predicted molar refractivity (Wildman–Crippen MR) is 93.7 cm³/mol. The lowest BCUT2D eigenvalue weighted by atomic mass is 10.2. The first-order valence-electron chi connectivity index (χ1n) is 7.94. The minimum atomic E-state index is -0.362. The van der Waals surface area contributed by atoms with Gasteiger partial charge in [0.15, 0.2) is 0 Å². The summed E-state index contributed by atoms with van der Waals surface area (Å²) in [7, 11) is 1.87. The first-order valence-corrected chi connectivity index (χ1v) is 7.94. The van der Waals surface area contributed by atoms with E-state index in [0.717, 1.165) is 16.9 Å². The van der Waals surface area contributed by atoms with Crippen molar-refractivity contribution >= 4 is 11.6 Å². The van der Waals surface area contributed by atoms with Crippen LogP contribution < -0.4 is 10.1 Å². The minimum Gasteiger partial charge on any atom is -0.494 e. The van der Waals surface area contributed by atoms with Crippen LogP contribution in [-0.4, -0.2) is 31.0 Å². The molecular formula is C19H23FN2O2. The fourth-order valence-electron chi connectivity index (χ4n) is 2.39. The van der Waals surface area contributed by atoms with Crippen LogP contribution in [0.1, 0.15) is 18.1 Å². The summed E-state index contributed by atoms with van der Waals surface area (Å²) in [5.74, 6) is 0.305. The normalized spacial score (nSPS) is 10.7. The van der Waals surface area contributed by atoms with E-state index in [1.165, 1.54) is 12.1 Å². The number of rotatable bonds is 7. The Morgan fingerprint density at radius 1 is 1.21 bits per heavy atom. The summed E-state index contributed by atoms with van der Waals surface area (Å²) in [6.07, 6.45) is 0. The van der Waals surface area contributed by atoms with E-state index in [2.05, 4.69) is 5.32 Å². The van der Waals surface area contributed by atoms with Gasteiger partial charge in [0.05, 0.1) is 13.2 Å². The van der Waals surface area contributed by atoms with Crippen LogP contribution in [0.3, 0.4) is 0 Å². The van der Waals surface area contributed by atoms with Crippen LogP contribution in [0.15, 0.2) is 42.5 Å². The highest BCUT2D eigenvalue weighted by Gasteiger charge is 2.09. The second kappa shape index (κ2) is 8.45. The Kier molecular flexibility index (Phi) is 6.32. The molecule has 5 heteroatoms. The number of halogens is 1. The van der Waals surface area contributed by atoms with Gasteiger partial charge < -0.3 is 10.1 Å². The summed E-state index contributed by atoms with van der Waals surface area (Å²) in [4.78, 5) is 14.0. The number of amides is 1. The Bertz CT molecular complexity index is 686. The topological polar surface area (TPSA) is 41.6 Å². The van der Waals surface area contributed by atoms with Gasteiger partial charge in [0.2, 0.25) is 5.91 Å². The molecule has 1 N–H and O–H groups in total. The molecule has 0 saturated heterocycles. The Hall–Kier alpha value is -2.40. The lowest BCUT2D eigenvalue weighted by Crippen LogP contribution is -2.30. The SMILES string of the molecule is CCOc1ccc(CN(C)CC(=O)Nc2cc(F)ccc2C)cc1. The molecule has 0 unspecified atom stereocenters. The Balaban J connectivity index is 1.88. The maximum Gasteiger partial charge on any atom is 0.238 e. The minimum absolute atomic E-state index is 0.169. The van der Waals surface area contributed by atoms with Gasteiger partial charge in [-0.3, -0.25) is 9.69 Å². The first kappa shape index (κ1) is 17.9. The van der Waals surface area contributed by atoms with Crippen molar-refractivity contribution in [1.29, 1.82) is 0 Å². The molecule has 0 fully saturated rings. The van der Waals surface area contributed by atoms with Crippen LogP contribution in [0.4, 0.5) is 10.1 Å². The molecule has 0 aliphatic rings. The average Bonchev–Trinajstić information content (AvgIpc) is 2.53. The molecule has 0 bridgehead atoms. The molecule has 0 aliphatic carbocycles. The van der Waals surface area contributed by atoms with Gasteiger partial charge in [-0.05, 0) is 56.3 Å². The molecule has 24 heavy (non-hydrogen) atoms. The molecule has 0 saturated carbocycles. The molecular weight excluding hydrogens is 307 g/mol. The van der Waals surface area contributed by atoms with Crippen molar-refractivity contribution < 1.29 is 13.9 Å². The quantitative estimate of drug-likeness (QED) is 0.843. The molecule has 0 aliphatic heterocycles. The molecule has 2 rings (SSSR count). The number of carbonyl (C=O) groups excluding carboxylic acids is 1. The van der Waals surface area contributed by atoms with Crippen molar-refractivity contribution in [3.63, 3.8) is 0 Å². The number of carbonyl (C=O) groups is 1. The average molecular weight is 330 g/mol. The van der Waals surface area contributed by atoms with E-state index < -0.39 is 0 Å². The summed E-state index contributed by atoms with van der Waals surface area (Å²) in [6.45, 7) is 5.28. The van der Waals surface area contributed by atoms with E-state index in [9.17, 15) is 9.18 Å². The van der Waals surface area contributed by atoms with Gasteiger partial charge in [0.25, 0.3) is 0 Å². The van der Waals surface area contributed by atoms with Gasteiger partial charge in [-0.2, -0.15) is 0 Å². The van der Waals surface area contributed by atoms with Gasteiger partial charge in [0, 0.05) is 12.2 Å². The van der Waals surface area contributed by atoms with Crippen molar-refractivity contribution in [2.24, 2.45) is 0 Å². The number of nitrogens with zero attached hydrogens (tertiary/aromatic N) is 1. The Labute approximate surface area is 142 Å². The number of ether oxygens (including phenoxy) is 1. The summed E-state index contributed by atoms with van der Waals surface area (Å²) in [6, 6.07) is 12.2. The van der Waals surface area contributed by atoms with Crippen LogP contribution in [0.5, 0.6) is 5.75 Å². The summed E-state index contributed by atoms with van der Waals surface area (Å²) >= 11 is 0. The monoisotopic (exact) mass is 330 g/mol. The summed E-state index contributed by atoms with van der Waals surface area (Å²) in [5.41, 5.74) is 2.43. The van der Waals surface area contributed by atoms with Crippen LogP contribution in [-0.2, 0) is 11.3 Å². The molecule has 2 aromatic carbocycles. The highest BCUT2D eigenvalue weighted by Crippen LogP contribution is 2.16. The molecule has 0 aromatic heterocycles. The fraction of sp³-hybridized carbons (Fsp3) is 0.316. The van der Waals surface area contributed by atoms with Crippen molar-refractivity contribution in [2.75, 3.05) is 25.5 Å². The van der Waals surface area contributed by atoms with Crippen LogP contribution in [0.2, 0.25) is 0 Å². The highest BCUT2D eigenvalue weighted by molar-refractivity contribution is 5.92. The molecule has 128 valence electrons. The van der Waals surface area contributed by atoms with E-state index >= 15 is 0 Å². The zero-order chi connectivity index (χ0) is 17.5. The number of aryl methyl sites for hydroxylation is 1. The largest absolute Gasteiger partial charge is 0.494 e. The number of hydrogen-bond acceptors (Lipinski definition) is 3. The molecule has 1 amide bonds. The maximum atomic E-state index is 13.3. The predicted octanol–water partition coefficient (Wildman–Crippen LogP) is 3.60. The van der Waals surface area contributed by atoms with E-state index in [1.54, 1.807) is 6.07 Å². The Morgan fingerprint density at radius 3 is 2.58 bits per heavy atom. The standard InChI is InChI=1S/C19H23FN2O2/c1-4-24-17-9-6-15(7-10-17)12-22(3)13-19(23)21-18-11-16(20)8-5-14(18)2/h5-11H,4,12-13H2,1-3H3,(H,21,23). The molecule has 4 nitrogen and oxygen atoms in total.